The third kappa shape index (κ3) is 2.67. The number of aliphatic hydroxyl groups is 1. The maximum absolute atomic E-state index is 9.73. The van der Waals surface area contributed by atoms with Gasteiger partial charge < -0.3 is 14.9 Å². The molecule has 0 aliphatic carbocycles. The van der Waals surface area contributed by atoms with E-state index in [4.69, 9.17) is 0 Å². The molecule has 0 aromatic heterocycles. The summed E-state index contributed by atoms with van der Waals surface area (Å²) in [5.41, 5.74) is 0.437. The van der Waals surface area contributed by atoms with Gasteiger partial charge in [-0.3, -0.25) is 0 Å². The van der Waals surface area contributed by atoms with Gasteiger partial charge in [0.25, 0.3) is 0 Å². The van der Waals surface area contributed by atoms with Crippen molar-refractivity contribution in [2.45, 2.75) is 39.2 Å². The van der Waals surface area contributed by atoms with E-state index in [-0.39, 0.29) is 0 Å². The Morgan fingerprint density at radius 2 is 1.76 bits per heavy atom. The van der Waals surface area contributed by atoms with Crippen LogP contribution < -0.4 is 0 Å². The molecule has 2 aliphatic heterocycles. The molecule has 2 rings (SSSR count). The second kappa shape index (κ2) is 5.25. The third-order valence-electron chi connectivity index (χ3n) is 5.15. The third-order valence-corrected chi connectivity index (χ3v) is 5.15. The molecule has 0 amide bonds. The Kier molecular flexibility index (Phi) is 4.11. The van der Waals surface area contributed by atoms with Crippen molar-refractivity contribution in [3.63, 3.8) is 0 Å². The number of hydrogen-bond acceptors (Lipinski definition) is 3. The van der Waals surface area contributed by atoms with Gasteiger partial charge in [-0.1, -0.05) is 0 Å². The fourth-order valence-corrected chi connectivity index (χ4v) is 3.58. The summed E-state index contributed by atoms with van der Waals surface area (Å²) in [6.07, 6.45) is 3.84. The van der Waals surface area contributed by atoms with Crippen molar-refractivity contribution in [2.75, 3.05) is 39.8 Å². The van der Waals surface area contributed by atoms with E-state index >= 15 is 0 Å². The average Bonchev–Trinajstić information content (AvgIpc) is 2.33. The lowest BCUT2D eigenvalue weighted by atomic mass is 9.64. The summed E-state index contributed by atoms with van der Waals surface area (Å²) < 4.78 is 0. The first kappa shape index (κ1) is 13.3. The first-order valence-electron chi connectivity index (χ1n) is 7.11. The van der Waals surface area contributed by atoms with Gasteiger partial charge in [0.1, 0.15) is 0 Å². The molecular weight excluding hydrogens is 212 g/mol. The normalized spacial score (nSPS) is 31.2. The molecule has 2 heterocycles. The Morgan fingerprint density at radius 3 is 2.29 bits per heavy atom. The molecule has 1 N–H and O–H groups in total. The van der Waals surface area contributed by atoms with Crippen LogP contribution in [0.4, 0.5) is 0 Å². The predicted molar refractivity (Wildman–Crippen MR) is 71.1 cm³/mol. The first-order valence-corrected chi connectivity index (χ1v) is 7.11. The number of rotatable bonds is 2. The van der Waals surface area contributed by atoms with Crippen LogP contribution in [0.1, 0.15) is 33.1 Å². The molecule has 2 saturated heterocycles. The van der Waals surface area contributed by atoms with E-state index in [1.165, 1.54) is 38.9 Å². The maximum Gasteiger partial charge on any atom is 0.0476 e. The molecule has 0 radical (unpaired) electrons. The van der Waals surface area contributed by atoms with Crippen LogP contribution in [-0.4, -0.2) is 60.8 Å². The molecule has 100 valence electrons. The summed E-state index contributed by atoms with van der Waals surface area (Å²) in [6, 6.07) is 0.618. The number of hydrogen-bond donors (Lipinski definition) is 1. The monoisotopic (exact) mass is 240 g/mol. The largest absolute Gasteiger partial charge is 0.396 e. The second-order valence-electron chi connectivity index (χ2n) is 6.38. The van der Waals surface area contributed by atoms with Gasteiger partial charge in [0.15, 0.2) is 0 Å². The van der Waals surface area contributed by atoms with Gasteiger partial charge in [0.05, 0.1) is 0 Å². The molecule has 3 heteroatoms. The van der Waals surface area contributed by atoms with E-state index in [0.717, 1.165) is 6.54 Å². The van der Waals surface area contributed by atoms with Gasteiger partial charge in [-0.25, -0.2) is 0 Å². The van der Waals surface area contributed by atoms with E-state index in [9.17, 15) is 5.11 Å². The molecule has 1 atom stereocenters. The highest BCUT2D eigenvalue weighted by molar-refractivity contribution is 4.96. The Morgan fingerprint density at radius 1 is 1.18 bits per heavy atom. The molecular formula is C14H28N2O. The Labute approximate surface area is 106 Å². The minimum atomic E-state index is 0.368. The van der Waals surface area contributed by atoms with Crippen LogP contribution in [0, 0.1) is 11.3 Å². The van der Waals surface area contributed by atoms with Crippen LogP contribution >= 0.6 is 0 Å². The fraction of sp³-hybridized carbons (Fsp3) is 1.00. The van der Waals surface area contributed by atoms with Gasteiger partial charge in [0.2, 0.25) is 0 Å². The lowest BCUT2D eigenvalue weighted by Crippen LogP contribution is -2.54. The van der Waals surface area contributed by atoms with Crippen LogP contribution in [-0.2, 0) is 0 Å². The Balaban J connectivity index is 2.03. The van der Waals surface area contributed by atoms with Gasteiger partial charge in [-0.2, -0.15) is 0 Å². The highest BCUT2D eigenvalue weighted by Gasteiger charge is 2.44. The van der Waals surface area contributed by atoms with E-state index in [1.807, 2.05) is 0 Å². The van der Waals surface area contributed by atoms with Gasteiger partial charge in [-0.15, -0.1) is 0 Å². The van der Waals surface area contributed by atoms with Crippen molar-refractivity contribution in [2.24, 2.45) is 11.3 Å². The minimum absolute atomic E-state index is 0.368. The van der Waals surface area contributed by atoms with Crippen molar-refractivity contribution in [1.82, 2.24) is 9.80 Å². The molecule has 2 fully saturated rings. The van der Waals surface area contributed by atoms with Crippen LogP contribution in [0.2, 0.25) is 0 Å². The highest BCUT2D eigenvalue weighted by atomic mass is 16.3. The van der Waals surface area contributed by atoms with Crippen molar-refractivity contribution >= 4 is 0 Å². The zero-order valence-electron chi connectivity index (χ0n) is 11.7. The van der Waals surface area contributed by atoms with Gasteiger partial charge in [-0.05, 0) is 65.2 Å². The molecule has 0 bridgehead atoms. The topological polar surface area (TPSA) is 26.7 Å². The predicted octanol–water partition coefficient (Wildman–Crippen LogP) is 1.42. The smallest absolute Gasteiger partial charge is 0.0476 e. The summed E-state index contributed by atoms with van der Waals surface area (Å²) >= 11 is 0. The SMILES string of the molecule is CC(C)N1CCC2(CCN(C)CC2)C(CO)C1. The van der Waals surface area contributed by atoms with Gasteiger partial charge in [0, 0.05) is 25.1 Å². The lowest BCUT2D eigenvalue weighted by Gasteiger charge is -2.52. The van der Waals surface area contributed by atoms with Crippen LogP contribution in [0.15, 0.2) is 0 Å². The van der Waals surface area contributed by atoms with Crippen molar-refractivity contribution in [3.8, 4) is 0 Å². The van der Waals surface area contributed by atoms with Crippen LogP contribution in [0.5, 0.6) is 0 Å². The Hall–Kier alpha value is -0.120. The van der Waals surface area contributed by atoms with Crippen molar-refractivity contribution in [3.05, 3.63) is 0 Å². The quantitative estimate of drug-likeness (QED) is 0.791. The minimum Gasteiger partial charge on any atom is -0.396 e. The standard InChI is InChI=1S/C14H28N2O/c1-12(2)16-9-6-14(13(10-16)11-17)4-7-15(3)8-5-14/h12-13,17H,4-11H2,1-3H3. The molecule has 2 aliphatic rings. The van der Waals surface area contributed by atoms with Crippen molar-refractivity contribution in [1.29, 1.82) is 0 Å². The van der Waals surface area contributed by atoms with Gasteiger partial charge >= 0.3 is 0 Å². The van der Waals surface area contributed by atoms with E-state index < -0.39 is 0 Å². The fourth-order valence-electron chi connectivity index (χ4n) is 3.58. The second-order valence-corrected chi connectivity index (χ2v) is 6.38. The summed E-state index contributed by atoms with van der Waals surface area (Å²) in [6.45, 7) is 9.63. The van der Waals surface area contributed by atoms with Crippen LogP contribution in [0.3, 0.4) is 0 Å². The molecule has 17 heavy (non-hydrogen) atoms. The zero-order valence-corrected chi connectivity index (χ0v) is 11.7. The molecule has 3 nitrogen and oxygen atoms in total. The number of aliphatic hydroxyl groups excluding tert-OH is 1. The van der Waals surface area contributed by atoms with Crippen LogP contribution in [0.25, 0.3) is 0 Å². The highest BCUT2D eigenvalue weighted by Crippen LogP contribution is 2.45. The number of nitrogens with zero attached hydrogens (tertiary/aromatic N) is 2. The first-order chi connectivity index (χ1) is 8.07. The number of piperidine rings is 2. The zero-order chi connectivity index (χ0) is 12.5. The number of likely N-dealkylation sites (tertiary alicyclic amines) is 2. The molecule has 0 saturated carbocycles. The summed E-state index contributed by atoms with van der Waals surface area (Å²) in [7, 11) is 2.21. The lowest BCUT2D eigenvalue weighted by molar-refractivity contribution is -0.0454. The summed E-state index contributed by atoms with van der Waals surface area (Å²) in [4.78, 5) is 4.96. The van der Waals surface area contributed by atoms with Crippen molar-refractivity contribution < 1.29 is 5.11 Å². The molecule has 0 aromatic rings. The van der Waals surface area contributed by atoms with E-state index in [2.05, 4.69) is 30.7 Å². The summed E-state index contributed by atoms with van der Waals surface area (Å²) in [5.74, 6) is 0.493. The molecule has 1 unspecified atom stereocenters. The molecule has 1 spiro atoms. The maximum atomic E-state index is 9.73. The molecule has 0 aromatic carbocycles. The van der Waals surface area contributed by atoms with E-state index in [1.54, 1.807) is 0 Å². The summed E-state index contributed by atoms with van der Waals surface area (Å²) in [5, 5.41) is 9.73. The average molecular weight is 240 g/mol. The van der Waals surface area contributed by atoms with E-state index in [0.29, 0.717) is 24.0 Å². The Bertz CT molecular complexity index is 247.